The summed E-state index contributed by atoms with van der Waals surface area (Å²) >= 11 is 0. The van der Waals surface area contributed by atoms with Crippen molar-refractivity contribution < 1.29 is 4.79 Å². The number of hydrogen-bond acceptors (Lipinski definition) is 2. The number of nitrogens with zero attached hydrogens (tertiary/aromatic N) is 1. The summed E-state index contributed by atoms with van der Waals surface area (Å²) in [4.78, 5) is 13.0. The van der Waals surface area contributed by atoms with Crippen molar-refractivity contribution in [3.8, 4) is 0 Å². The molecule has 4 nitrogen and oxygen atoms in total. The molecule has 1 fully saturated rings. The molecule has 1 aliphatic heterocycles. The van der Waals surface area contributed by atoms with Crippen molar-refractivity contribution in [2.24, 2.45) is 0 Å². The molecule has 2 amide bonds. The van der Waals surface area contributed by atoms with Gasteiger partial charge in [-0.3, -0.25) is 0 Å². The lowest BCUT2D eigenvalue weighted by atomic mass is 10.3. The summed E-state index contributed by atoms with van der Waals surface area (Å²) in [5.74, 6) is 0. The zero-order valence-corrected chi connectivity index (χ0v) is 7.16. The maximum Gasteiger partial charge on any atom is 0.322 e. The fourth-order valence-electron chi connectivity index (χ4n) is 1.06. The van der Waals surface area contributed by atoms with Gasteiger partial charge in [-0.05, 0) is 12.1 Å². The number of nitrogens with one attached hydrogen (secondary N) is 1. The topological polar surface area (TPSA) is 58.1 Å². The van der Waals surface area contributed by atoms with Crippen molar-refractivity contribution in [2.75, 3.05) is 24.1 Å². The van der Waals surface area contributed by atoms with Crippen LogP contribution < -0.4 is 11.1 Å². The minimum atomic E-state index is -0.0714. The number of nitrogens with two attached hydrogens (primary N) is 1. The standard InChI is InChI=1S/C9H11N3O/c10-7-3-1-2-4-8(7)11-9(13)12-5-6-12/h1-4H,5-6,10H2,(H,11,13). The Balaban J connectivity index is 2.08. The molecule has 0 atom stereocenters. The molecule has 0 aliphatic carbocycles. The van der Waals surface area contributed by atoms with Gasteiger partial charge in [0, 0.05) is 13.1 Å². The summed E-state index contributed by atoms with van der Waals surface area (Å²) in [6.07, 6.45) is 0. The molecule has 0 aromatic heterocycles. The number of nitrogen functional groups attached to an aromatic ring is 1. The molecular formula is C9H11N3O. The summed E-state index contributed by atoms with van der Waals surface area (Å²) in [6.45, 7) is 1.69. The molecule has 0 bridgehead atoms. The first-order valence-electron chi connectivity index (χ1n) is 4.18. The Hall–Kier alpha value is -1.71. The lowest BCUT2D eigenvalue weighted by Crippen LogP contribution is -2.19. The van der Waals surface area contributed by atoms with Gasteiger partial charge in [0.1, 0.15) is 0 Å². The first kappa shape index (κ1) is 7.91. The second-order valence-corrected chi connectivity index (χ2v) is 3.00. The van der Waals surface area contributed by atoms with Crippen molar-refractivity contribution in [3.63, 3.8) is 0 Å². The number of amides is 2. The lowest BCUT2D eigenvalue weighted by molar-refractivity contribution is 0.242. The highest BCUT2D eigenvalue weighted by Gasteiger charge is 2.23. The van der Waals surface area contributed by atoms with Gasteiger partial charge in [-0.1, -0.05) is 12.1 Å². The number of carbonyl (C=O) groups excluding carboxylic acids is 1. The predicted octanol–water partition coefficient (Wildman–Crippen LogP) is 1.12. The van der Waals surface area contributed by atoms with Gasteiger partial charge in [0.05, 0.1) is 11.4 Å². The highest BCUT2D eigenvalue weighted by atomic mass is 16.2. The number of urea groups is 1. The smallest absolute Gasteiger partial charge is 0.322 e. The Morgan fingerprint density at radius 3 is 2.69 bits per heavy atom. The zero-order chi connectivity index (χ0) is 9.26. The summed E-state index contributed by atoms with van der Waals surface area (Å²) in [7, 11) is 0. The van der Waals surface area contributed by atoms with Gasteiger partial charge in [0.2, 0.25) is 0 Å². The van der Waals surface area contributed by atoms with Crippen LogP contribution in [-0.2, 0) is 0 Å². The van der Waals surface area contributed by atoms with Crippen molar-refractivity contribution >= 4 is 17.4 Å². The molecule has 0 saturated carbocycles. The molecule has 1 saturated heterocycles. The van der Waals surface area contributed by atoms with Crippen molar-refractivity contribution in [1.82, 2.24) is 4.90 Å². The van der Waals surface area contributed by atoms with E-state index in [2.05, 4.69) is 5.32 Å². The number of anilines is 2. The van der Waals surface area contributed by atoms with Crippen molar-refractivity contribution in [1.29, 1.82) is 0 Å². The maximum atomic E-state index is 11.3. The van der Waals surface area contributed by atoms with E-state index in [1.165, 1.54) is 0 Å². The molecule has 4 heteroatoms. The minimum Gasteiger partial charge on any atom is -0.397 e. The Morgan fingerprint density at radius 1 is 1.38 bits per heavy atom. The van der Waals surface area contributed by atoms with Gasteiger partial charge >= 0.3 is 6.03 Å². The average molecular weight is 177 g/mol. The van der Waals surface area contributed by atoms with Gasteiger partial charge < -0.3 is 16.0 Å². The number of hydrogen-bond donors (Lipinski definition) is 2. The van der Waals surface area contributed by atoms with E-state index in [1.807, 2.05) is 12.1 Å². The normalized spacial score (nSPS) is 14.0. The van der Waals surface area contributed by atoms with Crippen LogP contribution in [0.1, 0.15) is 0 Å². The third kappa shape index (κ3) is 1.72. The summed E-state index contributed by atoms with van der Waals surface area (Å²) in [5, 5.41) is 2.73. The van der Waals surface area contributed by atoms with Crippen LogP contribution >= 0.6 is 0 Å². The van der Waals surface area contributed by atoms with Crippen LogP contribution in [0.4, 0.5) is 16.2 Å². The van der Waals surface area contributed by atoms with E-state index in [-0.39, 0.29) is 6.03 Å². The molecule has 3 N–H and O–H groups in total. The van der Waals surface area contributed by atoms with Gasteiger partial charge in [0.25, 0.3) is 0 Å². The molecule has 1 aromatic rings. The van der Waals surface area contributed by atoms with E-state index in [1.54, 1.807) is 17.0 Å². The first-order chi connectivity index (χ1) is 6.27. The van der Waals surface area contributed by atoms with Crippen molar-refractivity contribution in [2.45, 2.75) is 0 Å². The second kappa shape index (κ2) is 2.97. The third-order valence-corrected chi connectivity index (χ3v) is 1.94. The Labute approximate surface area is 76.3 Å². The molecule has 0 unspecified atom stereocenters. The number of para-hydroxylation sites is 2. The first-order valence-corrected chi connectivity index (χ1v) is 4.18. The Bertz CT molecular complexity index is 333. The molecule has 1 aliphatic rings. The van der Waals surface area contributed by atoms with Gasteiger partial charge in [-0.15, -0.1) is 0 Å². The van der Waals surface area contributed by atoms with Crippen LogP contribution in [-0.4, -0.2) is 24.0 Å². The minimum absolute atomic E-state index is 0.0714. The average Bonchev–Trinajstić information content (AvgIpc) is 2.91. The van der Waals surface area contributed by atoms with Crippen LogP contribution in [0.3, 0.4) is 0 Å². The van der Waals surface area contributed by atoms with Crippen LogP contribution in [0.2, 0.25) is 0 Å². The summed E-state index contributed by atoms with van der Waals surface area (Å²) in [5.41, 5.74) is 6.93. The van der Waals surface area contributed by atoms with Crippen LogP contribution in [0.5, 0.6) is 0 Å². The van der Waals surface area contributed by atoms with Crippen LogP contribution in [0, 0.1) is 0 Å². The Kier molecular flexibility index (Phi) is 1.81. The molecule has 1 heterocycles. The van der Waals surface area contributed by atoms with E-state index in [4.69, 9.17) is 5.73 Å². The maximum absolute atomic E-state index is 11.3. The van der Waals surface area contributed by atoms with E-state index >= 15 is 0 Å². The summed E-state index contributed by atoms with van der Waals surface area (Å²) in [6, 6.07) is 7.16. The molecule has 0 radical (unpaired) electrons. The van der Waals surface area contributed by atoms with Crippen LogP contribution in [0.25, 0.3) is 0 Å². The van der Waals surface area contributed by atoms with E-state index in [0.29, 0.717) is 11.4 Å². The SMILES string of the molecule is Nc1ccccc1NC(=O)N1CC1. The highest BCUT2D eigenvalue weighted by molar-refractivity contribution is 5.93. The molecule has 68 valence electrons. The molecule has 0 spiro atoms. The Morgan fingerprint density at radius 2 is 2.08 bits per heavy atom. The fourth-order valence-corrected chi connectivity index (χ4v) is 1.06. The zero-order valence-electron chi connectivity index (χ0n) is 7.16. The largest absolute Gasteiger partial charge is 0.397 e. The second-order valence-electron chi connectivity index (χ2n) is 3.00. The quantitative estimate of drug-likeness (QED) is 0.498. The summed E-state index contributed by atoms with van der Waals surface area (Å²) < 4.78 is 0. The van der Waals surface area contributed by atoms with Crippen molar-refractivity contribution in [3.05, 3.63) is 24.3 Å². The predicted molar refractivity (Wildman–Crippen MR) is 51.4 cm³/mol. The number of benzene rings is 1. The van der Waals surface area contributed by atoms with E-state index in [0.717, 1.165) is 13.1 Å². The third-order valence-electron chi connectivity index (χ3n) is 1.94. The van der Waals surface area contributed by atoms with Gasteiger partial charge in [-0.25, -0.2) is 4.79 Å². The monoisotopic (exact) mass is 177 g/mol. The molecule has 13 heavy (non-hydrogen) atoms. The molecule has 1 aromatic carbocycles. The lowest BCUT2D eigenvalue weighted by Gasteiger charge is -2.07. The van der Waals surface area contributed by atoms with E-state index < -0.39 is 0 Å². The number of carbonyl (C=O) groups is 1. The fraction of sp³-hybridized carbons (Fsp3) is 0.222. The number of rotatable bonds is 1. The van der Waals surface area contributed by atoms with Crippen LogP contribution in [0.15, 0.2) is 24.3 Å². The van der Waals surface area contributed by atoms with Gasteiger partial charge in [0.15, 0.2) is 0 Å². The molecular weight excluding hydrogens is 166 g/mol. The van der Waals surface area contributed by atoms with Gasteiger partial charge in [-0.2, -0.15) is 0 Å². The molecule has 2 rings (SSSR count). The highest BCUT2D eigenvalue weighted by Crippen LogP contribution is 2.18. The van der Waals surface area contributed by atoms with E-state index in [9.17, 15) is 4.79 Å².